The second-order valence-corrected chi connectivity index (χ2v) is 7.50. The van der Waals surface area contributed by atoms with Gasteiger partial charge in [-0.25, -0.2) is 0 Å². The summed E-state index contributed by atoms with van der Waals surface area (Å²) in [5.74, 6) is 1.93. The summed E-state index contributed by atoms with van der Waals surface area (Å²) in [6.07, 6.45) is 0. The Morgan fingerprint density at radius 1 is 0.882 bits per heavy atom. The monoisotopic (exact) mass is 302 g/mol. The molecule has 1 rings (SSSR count). The topological polar surface area (TPSA) is 0 Å². The number of thiocarbonyl (C=S) groups is 2. The molecule has 0 spiro atoms. The third-order valence-electron chi connectivity index (χ3n) is 1.91. The molecular formula is C13H18S4. The van der Waals surface area contributed by atoms with E-state index in [1.54, 1.807) is 23.5 Å². The Bertz CT molecular complexity index is 331. The molecule has 0 aliphatic rings. The van der Waals surface area contributed by atoms with E-state index in [9.17, 15) is 0 Å². The fraction of sp³-hybridized carbons (Fsp3) is 0.385. The van der Waals surface area contributed by atoms with Gasteiger partial charge in [-0.2, -0.15) is 0 Å². The van der Waals surface area contributed by atoms with E-state index >= 15 is 0 Å². The zero-order valence-electron chi connectivity index (χ0n) is 9.36. The molecule has 4 heteroatoms. The molecule has 0 saturated carbocycles. The summed E-state index contributed by atoms with van der Waals surface area (Å²) < 4.78 is 1.99. The Morgan fingerprint density at radius 3 is 1.41 bits per heavy atom. The first-order chi connectivity index (χ1) is 7.58. The fourth-order valence-electron chi connectivity index (χ4n) is 1.10. The van der Waals surface area contributed by atoms with E-state index < -0.39 is 0 Å². The van der Waals surface area contributed by atoms with Gasteiger partial charge in [-0.15, -0.1) is 23.5 Å². The highest BCUT2D eigenvalue weighted by atomic mass is 32.2. The maximum Gasteiger partial charge on any atom is 0.0450 e. The second-order valence-electron chi connectivity index (χ2n) is 3.38. The fourth-order valence-corrected chi connectivity index (χ4v) is 2.58. The Morgan fingerprint density at radius 2 is 1.18 bits per heavy atom. The van der Waals surface area contributed by atoms with Crippen LogP contribution in [0.25, 0.3) is 0 Å². The van der Waals surface area contributed by atoms with E-state index in [4.69, 9.17) is 24.4 Å². The van der Waals surface area contributed by atoms with Crippen LogP contribution in [0.15, 0.2) is 24.3 Å². The minimum absolute atomic E-state index is 0. The van der Waals surface area contributed by atoms with E-state index in [1.807, 2.05) is 13.8 Å². The van der Waals surface area contributed by atoms with Crippen LogP contribution in [0.5, 0.6) is 0 Å². The number of hydrogen-bond acceptors (Lipinski definition) is 4. The van der Waals surface area contributed by atoms with Crippen molar-refractivity contribution in [1.82, 2.24) is 0 Å². The van der Waals surface area contributed by atoms with Gasteiger partial charge in [0.25, 0.3) is 0 Å². The maximum absolute atomic E-state index is 5.04. The zero-order valence-corrected chi connectivity index (χ0v) is 12.6. The summed E-state index contributed by atoms with van der Waals surface area (Å²) in [7, 11) is 0. The van der Waals surface area contributed by atoms with Gasteiger partial charge in [0.1, 0.15) is 0 Å². The summed E-state index contributed by atoms with van der Waals surface area (Å²) in [6.45, 7) is 3.93. The maximum atomic E-state index is 5.04. The number of benzene rings is 1. The molecule has 1 aromatic rings. The van der Waals surface area contributed by atoms with Gasteiger partial charge in [0, 0.05) is 19.9 Å². The van der Waals surface area contributed by atoms with Crippen molar-refractivity contribution in [1.29, 1.82) is 0 Å². The average Bonchev–Trinajstić information content (AvgIpc) is 2.25. The molecule has 0 amide bonds. The van der Waals surface area contributed by atoms with Gasteiger partial charge in [-0.3, -0.25) is 0 Å². The van der Waals surface area contributed by atoms with Crippen LogP contribution < -0.4 is 0 Å². The van der Waals surface area contributed by atoms with E-state index in [1.165, 1.54) is 11.1 Å². The van der Waals surface area contributed by atoms with Gasteiger partial charge in [0.15, 0.2) is 0 Å². The van der Waals surface area contributed by atoms with Crippen molar-refractivity contribution in [3.63, 3.8) is 0 Å². The largest absolute Gasteiger partial charge is 0.114 e. The van der Waals surface area contributed by atoms with Crippen LogP contribution in [-0.4, -0.2) is 8.39 Å². The van der Waals surface area contributed by atoms with E-state index in [0.717, 1.165) is 19.9 Å². The highest BCUT2D eigenvalue weighted by molar-refractivity contribution is 8.22. The Kier molecular flexibility index (Phi) is 9.14. The van der Waals surface area contributed by atoms with E-state index in [-0.39, 0.29) is 7.43 Å². The van der Waals surface area contributed by atoms with Crippen molar-refractivity contribution in [3.05, 3.63) is 35.4 Å². The smallest absolute Gasteiger partial charge is 0.0450 e. The van der Waals surface area contributed by atoms with Crippen LogP contribution in [0, 0.1) is 0 Å². The van der Waals surface area contributed by atoms with Crippen molar-refractivity contribution in [2.75, 3.05) is 0 Å². The van der Waals surface area contributed by atoms with Gasteiger partial charge in [0.2, 0.25) is 0 Å². The average molecular weight is 303 g/mol. The van der Waals surface area contributed by atoms with Crippen LogP contribution in [0.4, 0.5) is 0 Å². The van der Waals surface area contributed by atoms with Crippen LogP contribution in [-0.2, 0) is 11.5 Å². The quantitative estimate of drug-likeness (QED) is 0.675. The molecule has 0 aromatic heterocycles. The van der Waals surface area contributed by atoms with Gasteiger partial charge < -0.3 is 0 Å². The standard InChI is InChI=1S/C12H14S4.CH4/c1-9(13)15-7-11-3-5-12(6-4-11)8-16-10(2)14;/h3-6H,7-8H2,1-2H3;1H4. The molecule has 0 fully saturated rings. The van der Waals surface area contributed by atoms with Gasteiger partial charge in [0.05, 0.1) is 0 Å². The molecule has 17 heavy (non-hydrogen) atoms. The lowest BCUT2D eigenvalue weighted by Crippen LogP contribution is -1.87. The number of rotatable bonds is 4. The summed E-state index contributed by atoms with van der Waals surface area (Å²) in [4.78, 5) is 0. The Hall–Kier alpha value is 0.1000. The molecule has 1 aromatic carbocycles. The lowest BCUT2D eigenvalue weighted by atomic mass is 10.2. The van der Waals surface area contributed by atoms with Crippen LogP contribution in [0.2, 0.25) is 0 Å². The molecule has 0 heterocycles. The summed E-state index contributed by atoms with van der Waals surface area (Å²) in [5, 5.41) is 0. The normalized spacial score (nSPS) is 9.53. The SMILES string of the molecule is C.CC(=S)SCc1ccc(CSC(C)=S)cc1. The molecule has 0 atom stereocenters. The predicted molar refractivity (Wildman–Crippen MR) is 92.3 cm³/mol. The number of thioether (sulfide) groups is 2. The Labute approximate surface area is 124 Å². The van der Waals surface area contributed by atoms with Crippen LogP contribution in [0.3, 0.4) is 0 Å². The van der Waals surface area contributed by atoms with Crippen molar-refractivity contribution in [2.24, 2.45) is 0 Å². The highest BCUT2D eigenvalue weighted by Crippen LogP contribution is 2.18. The zero-order chi connectivity index (χ0) is 12.0. The molecule has 94 valence electrons. The third kappa shape index (κ3) is 7.92. The lowest BCUT2D eigenvalue weighted by molar-refractivity contribution is 1.35. The highest BCUT2D eigenvalue weighted by Gasteiger charge is 1.97. The van der Waals surface area contributed by atoms with Crippen LogP contribution >= 0.6 is 48.0 Å². The van der Waals surface area contributed by atoms with Crippen molar-refractivity contribution >= 4 is 56.4 Å². The molecule has 0 bridgehead atoms. The molecule has 0 aliphatic heterocycles. The molecular weight excluding hydrogens is 284 g/mol. The van der Waals surface area contributed by atoms with Crippen molar-refractivity contribution < 1.29 is 0 Å². The summed E-state index contributed by atoms with van der Waals surface area (Å²) in [5.41, 5.74) is 2.64. The first-order valence-corrected chi connectivity index (χ1v) is 7.71. The lowest BCUT2D eigenvalue weighted by Gasteiger charge is -2.03. The van der Waals surface area contributed by atoms with Gasteiger partial charge in [-0.1, -0.05) is 56.1 Å². The molecule has 0 N–H and O–H groups in total. The first kappa shape index (κ1) is 17.1. The minimum atomic E-state index is 0. The van der Waals surface area contributed by atoms with Gasteiger partial charge in [-0.05, 0) is 25.0 Å². The Balaban J connectivity index is 0.00000256. The van der Waals surface area contributed by atoms with Crippen LogP contribution in [0.1, 0.15) is 32.4 Å². The summed E-state index contributed by atoms with van der Waals surface area (Å²) in [6, 6.07) is 8.67. The molecule has 0 nitrogen and oxygen atoms in total. The number of hydrogen-bond donors (Lipinski definition) is 0. The van der Waals surface area contributed by atoms with E-state index in [2.05, 4.69) is 24.3 Å². The molecule has 0 aliphatic carbocycles. The van der Waals surface area contributed by atoms with E-state index in [0.29, 0.717) is 0 Å². The third-order valence-corrected chi connectivity index (χ3v) is 4.38. The first-order valence-electron chi connectivity index (χ1n) is 4.92. The minimum Gasteiger partial charge on any atom is -0.114 e. The van der Waals surface area contributed by atoms with Crippen molar-refractivity contribution in [3.8, 4) is 0 Å². The van der Waals surface area contributed by atoms with Gasteiger partial charge >= 0.3 is 0 Å². The van der Waals surface area contributed by atoms with Crippen molar-refractivity contribution in [2.45, 2.75) is 32.8 Å². The molecule has 0 saturated heterocycles. The molecule has 0 unspecified atom stereocenters. The second kappa shape index (κ2) is 9.09. The predicted octanol–water partition coefficient (Wildman–Crippen LogP) is 5.48. The molecule has 0 radical (unpaired) electrons. The summed E-state index contributed by atoms with van der Waals surface area (Å²) >= 11 is 13.5.